The van der Waals surface area contributed by atoms with Gasteiger partial charge in [0.1, 0.15) is 0 Å². The number of rotatable bonds is 2. The van der Waals surface area contributed by atoms with Gasteiger partial charge in [0.2, 0.25) is 15.9 Å². The zero-order chi connectivity index (χ0) is 18.6. The fourth-order valence-electron chi connectivity index (χ4n) is 3.93. The number of nitrogens with two attached hydrogens (primary N) is 1. The fourth-order valence-corrected chi connectivity index (χ4v) is 5.60. The number of piperidine rings is 1. The smallest absolute Gasteiger partial charge is 0.243 e. The Labute approximate surface area is 162 Å². The number of fused-ring (bicyclic) bond motifs is 1. The van der Waals surface area contributed by atoms with Gasteiger partial charge in [0.25, 0.3) is 0 Å². The summed E-state index contributed by atoms with van der Waals surface area (Å²) >= 11 is 0. The zero-order valence-corrected chi connectivity index (χ0v) is 17.4. The molecule has 2 unspecified atom stereocenters. The maximum absolute atomic E-state index is 13.1. The molecule has 26 heavy (non-hydrogen) atoms. The third-order valence-corrected chi connectivity index (χ3v) is 7.36. The van der Waals surface area contributed by atoms with Crippen molar-refractivity contribution in [3.8, 4) is 0 Å². The normalized spacial score (nSPS) is 25.5. The van der Waals surface area contributed by atoms with Crippen LogP contribution in [-0.4, -0.2) is 43.8 Å². The van der Waals surface area contributed by atoms with Gasteiger partial charge in [0.15, 0.2) is 0 Å². The Hall–Kier alpha value is -1.15. The first-order chi connectivity index (χ1) is 11.5. The van der Waals surface area contributed by atoms with E-state index in [1.807, 2.05) is 20.8 Å². The summed E-state index contributed by atoms with van der Waals surface area (Å²) in [5.41, 5.74) is 7.62. The van der Waals surface area contributed by atoms with E-state index in [1.165, 1.54) is 6.92 Å². The molecule has 1 amide bonds. The SMILES string of the molecule is CC(=O)N1c2ccc(S(=O)(=O)N3CCC(N)C(C)(C)C3)cc2CC1C.Cl. The van der Waals surface area contributed by atoms with E-state index in [4.69, 9.17) is 5.73 Å². The van der Waals surface area contributed by atoms with Gasteiger partial charge in [-0.1, -0.05) is 13.8 Å². The molecule has 2 aliphatic heterocycles. The summed E-state index contributed by atoms with van der Waals surface area (Å²) in [6.07, 6.45) is 1.33. The number of hydrogen-bond donors (Lipinski definition) is 1. The number of carbonyl (C=O) groups excluding carboxylic acids is 1. The largest absolute Gasteiger partial charge is 0.327 e. The molecule has 146 valence electrons. The van der Waals surface area contributed by atoms with Crippen LogP contribution in [0.5, 0.6) is 0 Å². The summed E-state index contributed by atoms with van der Waals surface area (Å²) in [7, 11) is -3.56. The molecular formula is C18H28ClN3O3S. The monoisotopic (exact) mass is 401 g/mol. The highest BCUT2D eigenvalue weighted by atomic mass is 35.5. The molecule has 1 saturated heterocycles. The second kappa shape index (κ2) is 7.11. The average Bonchev–Trinajstić information content (AvgIpc) is 2.84. The van der Waals surface area contributed by atoms with Gasteiger partial charge in [-0.3, -0.25) is 4.79 Å². The van der Waals surface area contributed by atoms with Crippen molar-refractivity contribution in [1.82, 2.24) is 4.31 Å². The predicted octanol–water partition coefficient (Wildman–Crippen LogP) is 2.15. The fraction of sp³-hybridized carbons (Fsp3) is 0.611. The summed E-state index contributed by atoms with van der Waals surface area (Å²) in [6.45, 7) is 8.39. The number of amides is 1. The first-order valence-electron chi connectivity index (χ1n) is 8.72. The van der Waals surface area contributed by atoms with Crippen molar-refractivity contribution in [2.75, 3.05) is 18.0 Å². The molecule has 0 aliphatic carbocycles. The van der Waals surface area contributed by atoms with Crippen molar-refractivity contribution in [1.29, 1.82) is 0 Å². The summed E-state index contributed by atoms with van der Waals surface area (Å²) < 4.78 is 27.7. The second-order valence-corrected chi connectivity index (χ2v) is 9.89. The first kappa shape index (κ1) is 21.2. The molecule has 3 rings (SSSR count). The van der Waals surface area contributed by atoms with Crippen LogP contribution in [0.15, 0.2) is 23.1 Å². The molecule has 0 spiro atoms. The maximum Gasteiger partial charge on any atom is 0.243 e. The number of anilines is 1. The molecule has 6 nitrogen and oxygen atoms in total. The molecule has 8 heteroatoms. The molecule has 2 N–H and O–H groups in total. The van der Waals surface area contributed by atoms with E-state index in [0.717, 1.165) is 11.3 Å². The number of halogens is 1. The van der Waals surface area contributed by atoms with Crippen LogP contribution in [0.2, 0.25) is 0 Å². The Morgan fingerprint density at radius 2 is 1.96 bits per heavy atom. The lowest BCUT2D eigenvalue weighted by atomic mass is 9.81. The zero-order valence-electron chi connectivity index (χ0n) is 15.7. The van der Waals surface area contributed by atoms with Crippen LogP contribution in [-0.2, 0) is 21.2 Å². The van der Waals surface area contributed by atoms with Gasteiger partial charge in [-0.15, -0.1) is 12.4 Å². The number of benzene rings is 1. The van der Waals surface area contributed by atoms with Crippen molar-refractivity contribution in [2.45, 2.75) is 57.5 Å². The minimum Gasteiger partial charge on any atom is -0.327 e. The molecule has 0 aromatic heterocycles. The number of hydrogen-bond acceptors (Lipinski definition) is 4. The van der Waals surface area contributed by atoms with E-state index >= 15 is 0 Å². The van der Waals surface area contributed by atoms with Gasteiger partial charge in [-0.25, -0.2) is 8.42 Å². The number of nitrogens with zero attached hydrogens (tertiary/aromatic N) is 2. The molecule has 0 saturated carbocycles. The Morgan fingerprint density at radius 3 is 2.54 bits per heavy atom. The highest BCUT2D eigenvalue weighted by Gasteiger charge is 2.39. The van der Waals surface area contributed by atoms with Crippen LogP contribution < -0.4 is 10.6 Å². The lowest BCUT2D eigenvalue weighted by Crippen LogP contribution is -2.53. The molecule has 0 bridgehead atoms. The van der Waals surface area contributed by atoms with Crippen LogP contribution in [0.1, 0.15) is 39.7 Å². The highest BCUT2D eigenvalue weighted by Crippen LogP contribution is 2.36. The van der Waals surface area contributed by atoms with E-state index in [0.29, 0.717) is 30.8 Å². The topological polar surface area (TPSA) is 83.7 Å². The minimum absolute atomic E-state index is 0. The Kier molecular flexibility index (Phi) is 5.78. The van der Waals surface area contributed by atoms with Crippen LogP contribution in [0.25, 0.3) is 0 Å². The quantitative estimate of drug-likeness (QED) is 0.822. The molecule has 0 radical (unpaired) electrons. The van der Waals surface area contributed by atoms with Crippen molar-refractivity contribution in [2.24, 2.45) is 11.1 Å². The van der Waals surface area contributed by atoms with Crippen LogP contribution in [0, 0.1) is 5.41 Å². The Morgan fingerprint density at radius 1 is 1.31 bits per heavy atom. The predicted molar refractivity (Wildman–Crippen MR) is 105 cm³/mol. The molecule has 2 atom stereocenters. The van der Waals surface area contributed by atoms with Gasteiger partial charge >= 0.3 is 0 Å². The molecule has 2 heterocycles. The van der Waals surface area contributed by atoms with Gasteiger partial charge < -0.3 is 10.6 Å². The number of sulfonamides is 1. The van der Waals surface area contributed by atoms with E-state index in [9.17, 15) is 13.2 Å². The molecule has 1 fully saturated rings. The summed E-state index contributed by atoms with van der Waals surface area (Å²) in [4.78, 5) is 13.9. The van der Waals surface area contributed by atoms with Gasteiger partial charge in [-0.05, 0) is 48.9 Å². The molecule has 2 aliphatic rings. The Balaban J connectivity index is 0.00000243. The highest BCUT2D eigenvalue weighted by molar-refractivity contribution is 7.89. The second-order valence-electron chi connectivity index (χ2n) is 7.96. The summed E-state index contributed by atoms with van der Waals surface area (Å²) in [6, 6.07) is 5.16. The van der Waals surface area contributed by atoms with E-state index in [2.05, 4.69) is 0 Å². The number of carbonyl (C=O) groups is 1. The molecule has 1 aromatic carbocycles. The average molecular weight is 402 g/mol. The Bertz CT molecular complexity index is 810. The third-order valence-electron chi connectivity index (χ3n) is 5.52. The molecule has 1 aromatic rings. The van der Waals surface area contributed by atoms with Gasteiger partial charge in [0, 0.05) is 37.8 Å². The van der Waals surface area contributed by atoms with Gasteiger partial charge in [0.05, 0.1) is 4.90 Å². The van der Waals surface area contributed by atoms with Crippen molar-refractivity contribution < 1.29 is 13.2 Å². The van der Waals surface area contributed by atoms with Crippen LogP contribution >= 0.6 is 12.4 Å². The lowest BCUT2D eigenvalue weighted by molar-refractivity contribution is -0.116. The van der Waals surface area contributed by atoms with Crippen molar-refractivity contribution in [3.05, 3.63) is 23.8 Å². The summed E-state index contributed by atoms with van der Waals surface area (Å²) in [5.74, 6) is -0.0198. The summed E-state index contributed by atoms with van der Waals surface area (Å²) in [5, 5.41) is 0. The van der Waals surface area contributed by atoms with Crippen LogP contribution in [0.4, 0.5) is 5.69 Å². The van der Waals surface area contributed by atoms with E-state index in [-0.39, 0.29) is 35.8 Å². The van der Waals surface area contributed by atoms with Crippen LogP contribution in [0.3, 0.4) is 0 Å². The lowest BCUT2D eigenvalue weighted by Gasteiger charge is -2.41. The van der Waals surface area contributed by atoms with E-state index in [1.54, 1.807) is 27.4 Å². The van der Waals surface area contributed by atoms with Crippen molar-refractivity contribution >= 4 is 34.0 Å². The van der Waals surface area contributed by atoms with Gasteiger partial charge in [-0.2, -0.15) is 4.31 Å². The standard InChI is InChI=1S/C18H27N3O3S.ClH/c1-12-9-14-10-15(5-6-16(14)21(12)13(2)22)25(23,24)20-8-7-17(19)18(3,4)11-20;/h5-6,10,12,17H,7-9,11,19H2,1-4H3;1H. The first-order valence-corrected chi connectivity index (χ1v) is 10.2. The van der Waals surface area contributed by atoms with E-state index < -0.39 is 10.0 Å². The third kappa shape index (κ3) is 3.50. The maximum atomic E-state index is 13.1. The van der Waals surface area contributed by atoms with Crippen molar-refractivity contribution in [3.63, 3.8) is 0 Å². The minimum atomic E-state index is -3.56. The molecular weight excluding hydrogens is 374 g/mol.